The zero-order valence-corrected chi connectivity index (χ0v) is 14.9. The van der Waals surface area contributed by atoms with Gasteiger partial charge in [0.25, 0.3) is 0 Å². The van der Waals surface area contributed by atoms with Crippen molar-refractivity contribution in [2.45, 2.75) is 39.7 Å². The van der Waals surface area contributed by atoms with Crippen LogP contribution >= 0.6 is 0 Å². The fourth-order valence-corrected chi connectivity index (χ4v) is 2.33. The molecule has 0 saturated heterocycles. The van der Waals surface area contributed by atoms with Crippen LogP contribution in [0.15, 0.2) is 48.7 Å². The molecule has 1 rings (SSSR count). The second-order valence-electron chi connectivity index (χ2n) is 5.45. The van der Waals surface area contributed by atoms with Gasteiger partial charge in [-0.05, 0) is 44.4 Å². The van der Waals surface area contributed by atoms with Crippen LogP contribution in [0.4, 0.5) is 0 Å². The van der Waals surface area contributed by atoms with Gasteiger partial charge in [0.05, 0.1) is 12.3 Å². The summed E-state index contributed by atoms with van der Waals surface area (Å²) in [5.74, 6) is 0.586. The van der Waals surface area contributed by atoms with Crippen LogP contribution in [0.3, 0.4) is 0 Å². The minimum absolute atomic E-state index is 0.0621. The van der Waals surface area contributed by atoms with Gasteiger partial charge in [-0.1, -0.05) is 32.2 Å². The molecular weight excluding hydrogens is 298 g/mol. The van der Waals surface area contributed by atoms with Gasteiger partial charge in [-0.3, -0.25) is 4.98 Å². The lowest BCUT2D eigenvalue weighted by molar-refractivity contribution is 0.337. The molecule has 1 aromatic heterocycles. The number of rotatable bonds is 10. The molecule has 0 amide bonds. The van der Waals surface area contributed by atoms with Crippen molar-refractivity contribution in [1.29, 1.82) is 5.26 Å². The molecule has 1 atom stereocenters. The van der Waals surface area contributed by atoms with E-state index in [0.29, 0.717) is 17.9 Å². The predicted molar refractivity (Wildman–Crippen MR) is 98.9 cm³/mol. The number of nitrogens with one attached hydrogen (secondary N) is 1. The van der Waals surface area contributed by atoms with Crippen LogP contribution in [0.5, 0.6) is 5.75 Å². The Hall–Kier alpha value is -2.38. The van der Waals surface area contributed by atoms with Crippen LogP contribution in [-0.2, 0) is 0 Å². The first-order valence-electron chi connectivity index (χ1n) is 8.34. The lowest BCUT2D eigenvalue weighted by Crippen LogP contribution is -2.21. The SMILES string of the molecule is C=C/C(=C/CC)C(=C)CCNC(C)c1cc(OCC)c(C#N)cn1. The first kappa shape index (κ1) is 19.7. The normalized spacial score (nSPS) is 12.3. The summed E-state index contributed by atoms with van der Waals surface area (Å²) in [6.45, 7) is 15.3. The maximum atomic E-state index is 9.09. The fraction of sp³-hybridized carbons (Fsp3) is 0.400. The highest BCUT2D eigenvalue weighted by Gasteiger charge is 2.11. The van der Waals surface area contributed by atoms with Gasteiger partial charge in [0.2, 0.25) is 0 Å². The molecule has 0 saturated carbocycles. The highest BCUT2D eigenvalue weighted by Crippen LogP contribution is 2.21. The van der Waals surface area contributed by atoms with E-state index in [9.17, 15) is 0 Å². The molecule has 0 fully saturated rings. The number of hydrogen-bond donors (Lipinski definition) is 1. The summed E-state index contributed by atoms with van der Waals surface area (Å²) < 4.78 is 5.51. The van der Waals surface area contributed by atoms with Crippen molar-refractivity contribution in [3.63, 3.8) is 0 Å². The van der Waals surface area contributed by atoms with Crippen LogP contribution in [0.25, 0.3) is 0 Å². The zero-order valence-electron chi connectivity index (χ0n) is 14.9. The second-order valence-corrected chi connectivity index (χ2v) is 5.45. The number of pyridine rings is 1. The van der Waals surface area contributed by atoms with Gasteiger partial charge >= 0.3 is 0 Å². The largest absolute Gasteiger partial charge is 0.492 e. The van der Waals surface area contributed by atoms with Gasteiger partial charge in [0.1, 0.15) is 17.4 Å². The molecule has 1 heterocycles. The average Bonchev–Trinajstić information content (AvgIpc) is 2.59. The summed E-state index contributed by atoms with van der Waals surface area (Å²) in [7, 11) is 0. The molecular formula is C20H27N3O. The van der Waals surface area contributed by atoms with E-state index in [1.165, 1.54) is 0 Å². The Morgan fingerprint density at radius 3 is 2.83 bits per heavy atom. The molecule has 0 bridgehead atoms. The smallest absolute Gasteiger partial charge is 0.140 e. The van der Waals surface area contributed by atoms with Crippen molar-refractivity contribution in [2.75, 3.05) is 13.2 Å². The Morgan fingerprint density at radius 2 is 2.25 bits per heavy atom. The maximum Gasteiger partial charge on any atom is 0.140 e. The minimum Gasteiger partial charge on any atom is -0.492 e. The van der Waals surface area contributed by atoms with Crippen molar-refractivity contribution in [3.05, 3.63) is 60.0 Å². The highest BCUT2D eigenvalue weighted by atomic mass is 16.5. The van der Waals surface area contributed by atoms with Crippen LogP contribution in [-0.4, -0.2) is 18.1 Å². The predicted octanol–water partition coefficient (Wildman–Crippen LogP) is 4.47. The topological polar surface area (TPSA) is 57.9 Å². The molecule has 0 aliphatic rings. The molecule has 4 nitrogen and oxygen atoms in total. The molecule has 1 N–H and O–H groups in total. The first-order valence-corrected chi connectivity index (χ1v) is 8.34. The number of ether oxygens (including phenoxy) is 1. The molecule has 0 aromatic carbocycles. The second kappa shape index (κ2) is 10.4. The molecule has 4 heteroatoms. The van der Waals surface area contributed by atoms with E-state index in [2.05, 4.69) is 42.5 Å². The fourth-order valence-electron chi connectivity index (χ4n) is 2.33. The van der Waals surface area contributed by atoms with Crippen LogP contribution in [0.2, 0.25) is 0 Å². The Kier molecular flexibility index (Phi) is 8.53. The van der Waals surface area contributed by atoms with Crippen LogP contribution in [0.1, 0.15) is 50.9 Å². The number of hydrogen-bond acceptors (Lipinski definition) is 4. The third kappa shape index (κ3) is 5.68. The van der Waals surface area contributed by atoms with E-state index in [0.717, 1.165) is 36.2 Å². The van der Waals surface area contributed by atoms with Crippen molar-refractivity contribution >= 4 is 0 Å². The summed E-state index contributed by atoms with van der Waals surface area (Å²) in [5, 5.41) is 12.5. The number of nitrogens with zero attached hydrogens (tertiary/aromatic N) is 2. The van der Waals surface area contributed by atoms with E-state index >= 15 is 0 Å². The highest BCUT2D eigenvalue weighted by molar-refractivity contribution is 5.42. The van der Waals surface area contributed by atoms with Gasteiger partial charge in [-0.15, -0.1) is 0 Å². The van der Waals surface area contributed by atoms with E-state index in [1.807, 2.05) is 26.0 Å². The number of aromatic nitrogens is 1. The molecule has 1 unspecified atom stereocenters. The van der Waals surface area contributed by atoms with E-state index in [1.54, 1.807) is 6.20 Å². The number of allylic oxidation sites excluding steroid dienone is 3. The monoisotopic (exact) mass is 325 g/mol. The summed E-state index contributed by atoms with van der Waals surface area (Å²) in [6, 6.07) is 4.00. The lowest BCUT2D eigenvalue weighted by atomic mass is 10.0. The van der Waals surface area contributed by atoms with Crippen molar-refractivity contribution in [3.8, 4) is 11.8 Å². The Balaban J connectivity index is 2.66. The summed E-state index contributed by atoms with van der Waals surface area (Å²) in [5.41, 5.74) is 3.51. The molecule has 0 aliphatic carbocycles. The van der Waals surface area contributed by atoms with Crippen LogP contribution < -0.4 is 10.1 Å². The van der Waals surface area contributed by atoms with E-state index in [4.69, 9.17) is 10.00 Å². The zero-order chi connectivity index (χ0) is 17.9. The van der Waals surface area contributed by atoms with Gasteiger partial charge in [0.15, 0.2) is 0 Å². The van der Waals surface area contributed by atoms with Crippen molar-refractivity contribution in [1.82, 2.24) is 10.3 Å². The van der Waals surface area contributed by atoms with Crippen LogP contribution in [0, 0.1) is 11.3 Å². The number of nitriles is 1. The van der Waals surface area contributed by atoms with Gasteiger partial charge in [-0.25, -0.2) is 0 Å². The van der Waals surface area contributed by atoms with E-state index in [-0.39, 0.29) is 6.04 Å². The Morgan fingerprint density at radius 1 is 1.50 bits per heavy atom. The molecule has 0 aliphatic heterocycles. The first-order chi connectivity index (χ1) is 11.6. The Labute approximate surface area is 145 Å². The van der Waals surface area contributed by atoms with Crippen molar-refractivity contribution in [2.24, 2.45) is 0 Å². The summed E-state index contributed by atoms with van der Waals surface area (Å²) >= 11 is 0. The molecule has 24 heavy (non-hydrogen) atoms. The summed E-state index contributed by atoms with van der Waals surface area (Å²) in [6.07, 6.45) is 7.37. The Bertz CT molecular complexity index is 641. The van der Waals surface area contributed by atoms with Crippen molar-refractivity contribution < 1.29 is 4.74 Å². The van der Waals surface area contributed by atoms with Gasteiger partial charge in [-0.2, -0.15) is 5.26 Å². The molecule has 1 aromatic rings. The minimum atomic E-state index is 0.0621. The molecule has 0 radical (unpaired) electrons. The quantitative estimate of drug-likeness (QED) is 0.645. The average molecular weight is 325 g/mol. The van der Waals surface area contributed by atoms with Gasteiger partial charge < -0.3 is 10.1 Å². The summed E-state index contributed by atoms with van der Waals surface area (Å²) in [4.78, 5) is 4.36. The standard InChI is InChI=1S/C20H27N3O/c1-6-9-17(7-2)15(4)10-11-22-16(5)19-12-20(24-8-3)18(13-21)14-23-19/h7,9,12,14,16,22H,2,4,6,8,10-11H2,1,3,5H3/b17-9-. The lowest BCUT2D eigenvalue weighted by Gasteiger charge is -2.16. The third-order valence-electron chi connectivity index (χ3n) is 3.68. The maximum absolute atomic E-state index is 9.09. The molecule has 128 valence electrons. The van der Waals surface area contributed by atoms with E-state index < -0.39 is 0 Å². The molecule has 0 spiro atoms. The van der Waals surface area contributed by atoms with Gasteiger partial charge in [0, 0.05) is 18.3 Å². The third-order valence-corrected chi connectivity index (χ3v) is 3.68.